The number of esters is 3. The molecule has 2 N–H and O–H groups in total. The van der Waals surface area contributed by atoms with Crippen LogP contribution >= 0.6 is 0 Å². The van der Waals surface area contributed by atoms with E-state index in [1.165, 1.54) is 7.11 Å². The first-order valence-corrected chi connectivity index (χ1v) is 11.6. The molecule has 1 aromatic rings. The zero-order chi connectivity index (χ0) is 25.3. The summed E-state index contributed by atoms with van der Waals surface area (Å²) in [6.45, 7) is 10.6. The highest BCUT2D eigenvalue weighted by Gasteiger charge is 2.34. The van der Waals surface area contributed by atoms with E-state index in [1.54, 1.807) is 0 Å². The first-order valence-electron chi connectivity index (χ1n) is 11.6. The summed E-state index contributed by atoms with van der Waals surface area (Å²) in [5.74, 6) is -0.810. The zero-order valence-corrected chi connectivity index (χ0v) is 20.8. The number of nitrogens with two attached hydrogens (primary N) is 1. The van der Waals surface area contributed by atoms with Crippen LogP contribution in [0.5, 0.6) is 11.5 Å². The van der Waals surface area contributed by atoms with Gasteiger partial charge in [0.15, 0.2) is 5.75 Å². The van der Waals surface area contributed by atoms with Crippen molar-refractivity contribution in [3.05, 3.63) is 33.9 Å². The quantitative estimate of drug-likeness (QED) is 0.260. The Morgan fingerprint density at radius 3 is 2.47 bits per heavy atom. The van der Waals surface area contributed by atoms with E-state index < -0.39 is 11.9 Å². The van der Waals surface area contributed by atoms with Gasteiger partial charge in [-0.2, -0.15) is 0 Å². The van der Waals surface area contributed by atoms with Crippen molar-refractivity contribution in [3.8, 4) is 11.5 Å². The van der Waals surface area contributed by atoms with E-state index in [1.807, 2.05) is 19.9 Å². The van der Waals surface area contributed by atoms with E-state index in [0.717, 1.165) is 30.8 Å². The van der Waals surface area contributed by atoms with Crippen molar-refractivity contribution < 1.29 is 33.3 Å². The monoisotopic (exact) mass is 476 g/mol. The number of cyclic esters (lactones) is 1. The molecule has 1 heterocycles. The van der Waals surface area contributed by atoms with E-state index in [9.17, 15) is 14.4 Å². The maximum Gasteiger partial charge on any atom is 0.342 e. The number of carbonyl (C=O) groups excluding carboxylic acids is 3. The van der Waals surface area contributed by atoms with Gasteiger partial charge in [0.2, 0.25) is 0 Å². The molecular weight excluding hydrogens is 440 g/mol. The molecule has 0 aromatic heterocycles. The Morgan fingerprint density at radius 2 is 1.85 bits per heavy atom. The van der Waals surface area contributed by atoms with E-state index in [2.05, 4.69) is 18.7 Å². The first kappa shape index (κ1) is 27.3. The molecule has 0 fully saturated rings. The maximum atomic E-state index is 12.4. The van der Waals surface area contributed by atoms with Gasteiger partial charge < -0.3 is 29.6 Å². The number of hydrogen-bond acceptors (Lipinski definition) is 9. The third-order valence-electron chi connectivity index (χ3n) is 5.95. The largest absolute Gasteiger partial charge is 0.496 e. The Labute approximate surface area is 201 Å². The smallest absolute Gasteiger partial charge is 0.342 e. The topological polar surface area (TPSA) is 117 Å². The SMILES string of the molecule is CCN(CC)CCOC(=O)CC/C(C)=C/Cc1c(OC)c(C)c2c(c1OC(=O)CN)C(=O)OC2. The van der Waals surface area contributed by atoms with Gasteiger partial charge >= 0.3 is 17.9 Å². The van der Waals surface area contributed by atoms with Crippen molar-refractivity contribution in [3.63, 3.8) is 0 Å². The van der Waals surface area contributed by atoms with Crippen LogP contribution in [0.25, 0.3) is 0 Å². The third kappa shape index (κ3) is 6.80. The predicted molar refractivity (Wildman–Crippen MR) is 127 cm³/mol. The minimum absolute atomic E-state index is 0.0923. The number of rotatable bonds is 13. The Balaban J connectivity index is 2.15. The van der Waals surface area contributed by atoms with E-state index in [4.69, 9.17) is 24.7 Å². The van der Waals surface area contributed by atoms with Crippen molar-refractivity contribution in [1.82, 2.24) is 4.90 Å². The molecule has 0 amide bonds. The second-order valence-corrected chi connectivity index (χ2v) is 8.08. The molecule has 2 rings (SSSR count). The Morgan fingerprint density at radius 1 is 1.15 bits per heavy atom. The van der Waals surface area contributed by atoms with Crippen LogP contribution < -0.4 is 15.2 Å². The number of fused-ring (bicyclic) bond motifs is 1. The highest BCUT2D eigenvalue weighted by atomic mass is 16.6. The Hall–Kier alpha value is -2.91. The zero-order valence-electron chi connectivity index (χ0n) is 20.8. The minimum Gasteiger partial charge on any atom is -0.496 e. The standard InChI is InChI=1S/C25H36N2O7/c1-6-27(7-2)12-13-32-20(28)11-9-16(3)8-10-18-23(31-5)17(4)19-15-33-25(30)22(19)24(18)34-21(29)14-26/h8H,6-7,9-15,26H2,1-5H3/b16-8+. The fraction of sp³-hybridized carbons (Fsp3) is 0.560. The number of hydrogen-bond donors (Lipinski definition) is 1. The molecule has 1 aliphatic heterocycles. The van der Waals surface area contributed by atoms with Crippen LogP contribution in [-0.4, -0.2) is 62.7 Å². The van der Waals surface area contributed by atoms with Crippen LogP contribution in [0.15, 0.2) is 11.6 Å². The normalized spacial score (nSPS) is 13.0. The van der Waals surface area contributed by atoms with Crippen molar-refractivity contribution in [2.75, 3.05) is 39.9 Å². The number of ether oxygens (including phenoxy) is 4. The van der Waals surface area contributed by atoms with Crippen LogP contribution in [0.2, 0.25) is 0 Å². The van der Waals surface area contributed by atoms with Crippen LogP contribution in [-0.2, 0) is 32.1 Å². The van der Waals surface area contributed by atoms with E-state index in [-0.39, 0.29) is 36.9 Å². The Kier molecular flexibility index (Phi) is 10.5. The van der Waals surface area contributed by atoms with Crippen LogP contribution in [0.1, 0.15) is 60.7 Å². The molecule has 0 radical (unpaired) electrons. The molecule has 0 unspecified atom stereocenters. The van der Waals surface area contributed by atoms with Gasteiger partial charge in [-0.15, -0.1) is 0 Å². The summed E-state index contributed by atoms with van der Waals surface area (Å²) < 4.78 is 21.6. The van der Waals surface area contributed by atoms with Gasteiger partial charge in [0.05, 0.1) is 13.7 Å². The molecule has 9 heteroatoms. The van der Waals surface area contributed by atoms with E-state index >= 15 is 0 Å². The van der Waals surface area contributed by atoms with Gasteiger partial charge in [-0.3, -0.25) is 9.59 Å². The van der Waals surface area contributed by atoms with Crippen LogP contribution in [0.3, 0.4) is 0 Å². The van der Waals surface area contributed by atoms with E-state index in [0.29, 0.717) is 36.3 Å². The van der Waals surface area contributed by atoms with Gasteiger partial charge in [0.1, 0.15) is 24.5 Å². The highest BCUT2D eigenvalue weighted by molar-refractivity contribution is 5.99. The number of likely N-dealkylation sites (N-methyl/N-ethyl adjacent to an activating group) is 1. The van der Waals surface area contributed by atoms with Crippen LogP contribution in [0, 0.1) is 6.92 Å². The molecule has 0 spiro atoms. The number of methoxy groups -OCH3 is 1. The first-order chi connectivity index (χ1) is 16.3. The van der Waals surface area contributed by atoms with Gasteiger partial charge in [-0.05, 0) is 45.3 Å². The van der Waals surface area contributed by atoms with Gasteiger partial charge in [0, 0.05) is 24.1 Å². The molecule has 0 atom stereocenters. The molecule has 0 saturated carbocycles. The lowest BCUT2D eigenvalue weighted by atomic mass is 9.94. The molecular formula is C25H36N2O7. The van der Waals surface area contributed by atoms with Crippen molar-refractivity contribution in [2.45, 2.75) is 53.6 Å². The molecule has 9 nitrogen and oxygen atoms in total. The second kappa shape index (κ2) is 13.1. The fourth-order valence-electron chi connectivity index (χ4n) is 3.86. The summed E-state index contributed by atoms with van der Waals surface area (Å²) in [6, 6.07) is 0. The van der Waals surface area contributed by atoms with Crippen molar-refractivity contribution >= 4 is 17.9 Å². The average molecular weight is 477 g/mol. The highest BCUT2D eigenvalue weighted by Crippen LogP contribution is 2.43. The molecule has 188 valence electrons. The molecule has 1 aromatic carbocycles. The van der Waals surface area contributed by atoms with Gasteiger partial charge in [-0.1, -0.05) is 25.5 Å². The molecule has 34 heavy (non-hydrogen) atoms. The van der Waals surface area contributed by atoms with Gasteiger partial charge in [-0.25, -0.2) is 4.79 Å². The minimum atomic E-state index is -0.665. The fourth-order valence-corrected chi connectivity index (χ4v) is 3.86. The summed E-state index contributed by atoms with van der Waals surface area (Å²) in [7, 11) is 1.52. The molecule has 0 saturated heterocycles. The summed E-state index contributed by atoms with van der Waals surface area (Å²) >= 11 is 0. The predicted octanol–water partition coefficient (Wildman–Crippen LogP) is 2.69. The maximum absolute atomic E-state index is 12.4. The lowest BCUT2D eigenvalue weighted by molar-refractivity contribution is -0.144. The lowest BCUT2D eigenvalue weighted by Crippen LogP contribution is -2.27. The van der Waals surface area contributed by atoms with Gasteiger partial charge in [0.25, 0.3) is 0 Å². The summed E-state index contributed by atoms with van der Waals surface area (Å²) in [6.07, 6.45) is 3.05. The number of benzene rings is 1. The molecule has 1 aliphatic rings. The summed E-state index contributed by atoms with van der Waals surface area (Å²) in [5, 5.41) is 0. The number of nitrogens with zero attached hydrogens (tertiary/aromatic N) is 1. The Bertz CT molecular complexity index is 936. The second-order valence-electron chi connectivity index (χ2n) is 8.08. The average Bonchev–Trinajstić information content (AvgIpc) is 3.22. The van der Waals surface area contributed by atoms with Crippen LogP contribution in [0.4, 0.5) is 0 Å². The summed E-state index contributed by atoms with van der Waals surface area (Å²) in [5.41, 5.74) is 8.57. The molecule has 0 aliphatic carbocycles. The number of carbonyl (C=O) groups is 3. The number of allylic oxidation sites excluding steroid dienone is 2. The lowest BCUT2D eigenvalue weighted by Gasteiger charge is -2.18. The van der Waals surface area contributed by atoms with Crippen molar-refractivity contribution in [1.29, 1.82) is 0 Å². The molecule has 0 bridgehead atoms. The third-order valence-corrected chi connectivity index (χ3v) is 5.95. The summed E-state index contributed by atoms with van der Waals surface area (Å²) in [4.78, 5) is 38.7. The van der Waals surface area contributed by atoms with Crippen molar-refractivity contribution in [2.24, 2.45) is 5.73 Å².